The second kappa shape index (κ2) is 10.8. The highest BCUT2D eigenvalue weighted by molar-refractivity contribution is 7.99. The van der Waals surface area contributed by atoms with E-state index in [1.165, 1.54) is 11.8 Å². The molecule has 0 spiro atoms. The van der Waals surface area contributed by atoms with Crippen molar-refractivity contribution < 1.29 is 9.59 Å². The molecule has 1 saturated heterocycles. The Labute approximate surface area is 212 Å². The Kier molecular flexibility index (Phi) is 7.80. The average Bonchev–Trinajstić information content (AvgIpc) is 3.46. The quantitative estimate of drug-likeness (QED) is 0.411. The number of amides is 2. The fourth-order valence-electron chi connectivity index (χ4n) is 4.11. The second-order valence-corrected chi connectivity index (χ2v) is 9.80. The molecule has 4 rings (SSSR count). The van der Waals surface area contributed by atoms with Crippen molar-refractivity contribution in [1.29, 1.82) is 0 Å². The van der Waals surface area contributed by atoms with Gasteiger partial charge in [0.15, 0.2) is 11.0 Å². The van der Waals surface area contributed by atoms with Crippen LogP contribution in [0, 0.1) is 6.92 Å². The predicted octanol–water partition coefficient (Wildman–Crippen LogP) is 5.62. The molecule has 2 amide bonds. The molecule has 1 unspecified atom stereocenters. The summed E-state index contributed by atoms with van der Waals surface area (Å²) >= 11 is 13.4. The van der Waals surface area contributed by atoms with E-state index in [4.69, 9.17) is 23.2 Å². The van der Waals surface area contributed by atoms with E-state index in [1.54, 1.807) is 18.2 Å². The van der Waals surface area contributed by atoms with E-state index in [-0.39, 0.29) is 23.6 Å². The lowest BCUT2D eigenvalue weighted by atomic mass is 10.1. The van der Waals surface area contributed by atoms with Gasteiger partial charge in [0.05, 0.1) is 22.5 Å². The van der Waals surface area contributed by atoms with Crippen molar-refractivity contribution in [3.63, 3.8) is 0 Å². The Morgan fingerprint density at radius 2 is 1.97 bits per heavy atom. The number of hydrogen-bond donors (Lipinski definition) is 1. The smallest absolute Gasteiger partial charge is 0.254 e. The van der Waals surface area contributed by atoms with Gasteiger partial charge in [-0.15, -0.1) is 10.2 Å². The van der Waals surface area contributed by atoms with Gasteiger partial charge in [-0.1, -0.05) is 53.2 Å². The lowest BCUT2D eigenvalue weighted by Gasteiger charge is -2.25. The molecular weight excluding hydrogens is 493 g/mol. The van der Waals surface area contributed by atoms with Gasteiger partial charge >= 0.3 is 0 Å². The van der Waals surface area contributed by atoms with E-state index in [0.29, 0.717) is 39.5 Å². The van der Waals surface area contributed by atoms with Crippen LogP contribution < -0.4 is 5.32 Å². The number of nitrogens with zero attached hydrogens (tertiary/aromatic N) is 4. The van der Waals surface area contributed by atoms with Gasteiger partial charge in [0.2, 0.25) is 5.91 Å². The number of rotatable bonds is 7. The van der Waals surface area contributed by atoms with Crippen LogP contribution in [-0.2, 0) is 11.3 Å². The number of carbonyl (C=O) groups excluding carboxylic acids is 2. The number of thioether (sulfide) groups is 1. The summed E-state index contributed by atoms with van der Waals surface area (Å²) in [5.74, 6) is 0.678. The summed E-state index contributed by atoms with van der Waals surface area (Å²) in [7, 11) is 0. The van der Waals surface area contributed by atoms with E-state index in [1.807, 2.05) is 47.6 Å². The zero-order valence-corrected chi connectivity index (χ0v) is 21.3. The van der Waals surface area contributed by atoms with Crippen molar-refractivity contribution in [2.75, 3.05) is 17.6 Å². The highest BCUT2D eigenvalue weighted by Crippen LogP contribution is 2.34. The number of aromatic nitrogens is 3. The van der Waals surface area contributed by atoms with Gasteiger partial charge in [0, 0.05) is 23.7 Å². The number of hydrogen-bond acceptors (Lipinski definition) is 5. The van der Waals surface area contributed by atoms with Crippen molar-refractivity contribution in [2.45, 2.75) is 44.4 Å². The molecule has 0 aliphatic carbocycles. The van der Waals surface area contributed by atoms with Gasteiger partial charge in [-0.25, -0.2) is 0 Å². The van der Waals surface area contributed by atoms with Crippen LogP contribution in [-0.4, -0.2) is 43.8 Å². The Balaban J connectivity index is 1.47. The van der Waals surface area contributed by atoms with Gasteiger partial charge in [-0.3, -0.25) is 9.59 Å². The molecule has 1 atom stereocenters. The third-order valence-electron chi connectivity index (χ3n) is 5.78. The summed E-state index contributed by atoms with van der Waals surface area (Å²) in [6, 6.07) is 12.4. The lowest BCUT2D eigenvalue weighted by molar-refractivity contribution is -0.113. The molecule has 1 N–H and O–H groups in total. The topological polar surface area (TPSA) is 80.1 Å². The van der Waals surface area contributed by atoms with Crippen LogP contribution in [0.25, 0.3) is 0 Å². The van der Waals surface area contributed by atoms with Crippen LogP contribution in [0.3, 0.4) is 0 Å². The van der Waals surface area contributed by atoms with Crippen LogP contribution in [0.2, 0.25) is 10.0 Å². The Morgan fingerprint density at radius 3 is 2.74 bits per heavy atom. The minimum absolute atomic E-state index is 0.0123. The van der Waals surface area contributed by atoms with Crippen molar-refractivity contribution in [3.8, 4) is 0 Å². The largest absolute Gasteiger partial charge is 0.328 e. The highest BCUT2D eigenvalue weighted by atomic mass is 35.5. The monoisotopic (exact) mass is 517 g/mol. The molecule has 3 aromatic rings. The third-order valence-corrected chi connectivity index (χ3v) is 7.32. The average molecular weight is 518 g/mol. The maximum atomic E-state index is 13.3. The van der Waals surface area contributed by atoms with Gasteiger partial charge in [-0.2, -0.15) is 0 Å². The molecule has 10 heteroatoms. The molecule has 1 aliphatic rings. The van der Waals surface area contributed by atoms with E-state index in [2.05, 4.69) is 15.5 Å². The van der Waals surface area contributed by atoms with Crippen LogP contribution in [0.4, 0.5) is 5.69 Å². The standard InChI is InChI=1S/C24H25Cl2N5O2S/c1-3-30-22(20-9-6-12-31(20)23(33)17-8-5-4-7-15(17)2)28-29-24(30)34-14-21(32)27-19-13-16(25)10-11-18(19)26/h4-5,7-8,10-11,13,20H,3,6,9,12,14H2,1-2H3,(H,27,32). The van der Waals surface area contributed by atoms with Crippen molar-refractivity contribution in [3.05, 3.63) is 69.5 Å². The van der Waals surface area contributed by atoms with Gasteiger partial charge in [0.25, 0.3) is 5.91 Å². The summed E-state index contributed by atoms with van der Waals surface area (Å²) < 4.78 is 1.98. The maximum Gasteiger partial charge on any atom is 0.254 e. The van der Waals surface area contributed by atoms with Crippen LogP contribution in [0.5, 0.6) is 0 Å². The molecule has 1 aromatic heterocycles. The second-order valence-electron chi connectivity index (χ2n) is 8.02. The number of anilines is 1. The minimum Gasteiger partial charge on any atom is -0.328 e. The van der Waals surface area contributed by atoms with E-state index < -0.39 is 0 Å². The summed E-state index contributed by atoms with van der Waals surface area (Å²) in [4.78, 5) is 27.7. The maximum absolute atomic E-state index is 13.3. The highest BCUT2D eigenvalue weighted by Gasteiger charge is 2.35. The molecule has 34 heavy (non-hydrogen) atoms. The van der Waals surface area contributed by atoms with Crippen molar-refractivity contribution >= 4 is 52.5 Å². The van der Waals surface area contributed by atoms with Crippen molar-refractivity contribution in [1.82, 2.24) is 19.7 Å². The first kappa shape index (κ1) is 24.6. The lowest BCUT2D eigenvalue weighted by Crippen LogP contribution is -2.32. The van der Waals surface area contributed by atoms with E-state index in [9.17, 15) is 9.59 Å². The van der Waals surface area contributed by atoms with Gasteiger partial charge in [-0.05, 0) is 56.5 Å². The summed E-state index contributed by atoms with van der Waals surface area (Å²) in [6.45, 7) is 5.27. The number of carbonyl (C=O) groups is 2. The molecule has 2 heterocycles. The first-order chi connectivity index (χ1) is 16.4. The summed E-state index contributed by atoms with van der Waals surface area (Å²) in [5, 5.41) is 13.1. The summed E-state index contributed by atoms with van der Waals surface area (Å²) in [5.41, 5.74) is 2.13. The molecule has 1 fully saturated rings. The summed E-state index contributed by atoms with van der Waals surface area (Å²) in [6.07, 6.45) is 1.73. The number of aryl methyl sites for hydroxylation is 1. The van der Waals surface area contributed by atoms with Crippen molar-refractivity contribution in [2.24, 2.45) is 0 Å². The molecular formula is C24H25Cl2N5O2S. The Morgan fingerprint density at radius 1 is 1.18 bits per heavy atom. The van der Waals surface area contributed by atoms with E-state index >= 15 is 0 Å². The zero-order chi connectivity index (χ0) is 24.2. The van der Waals surface area contributed by atoms with Gasteiger partial charge < -0.3 is 14.8 Å². The third kappa shape index (κ3) is 5.24. The first-order valence-electron chi connectivity index (χ1n) is 11.1. The Bertz CT molecular complexity index is 1220. The number of nitrogens with one attached hydrogen (secondary N) is 1. The fourth-order valence-corrected chi connectivity index (χ4v) is 5.25. The number of likely N-dealkylation sites (tertiary alicyclic amines) is 1. The normalized spacial score (nSPS) is 15.5. The number of benzene rings is 2. The molecule has 2 aromatic carbocycles. The molecule has 178 valence electrons. The SMILES string of the molecule is CCn1c(SCC(=O)Nc2cc(Cl)ccc2Cl)nnc1C1CCCN1C(=O)c1ccccc1C. The molecule has 0 bridgehead atoms. The predicted molar refractivity (Wildman–Crippen MR) is 136 cm³/mol. The minimum atomic E-state index is -0.224. The zero-order valence-electron chi connectivity index (χ0n) is 18.9. The van der Waals surface area contributed by atoms with Crippen LogP contribution >= 0.6 is 35.0 Å². The molecule has 7 nitrogen and oxygen atoms in total. The Hall–Kier alpha value is -2.55. The first-order valence-corrected chi connectivity index (χ1v) is 12.8. The molecule has 0 saturated carbocycles. The fraction of sp³-hybridized carbons (Fsp3) is 0.333. The van der Waals surface area contributed by atoms with Gasteiger partial charge in [0.1, 0.15) is 0 Å². The molecule has 0 radical (unpaired) electrons. The van der Waals surface area contributed by atoms with Crippen LogP contribution in [0.15, 0.2) is 47.6 Å². The molecule has 1 aliphatic heterocycles. The van der Waals surface area contributed by atoms with E-state index in [0.717, 1.165) is 24.2 Å². The van der Waals surface area contributed by atoms with Crippen LogP contribution in [0.1, 0.15) is 47.6 Å². The number of halogens is 2.